The zero-order valence-electron chi connectivity index (χ0n) is 16.3. The number of carbonyl (C=O) groups excluding carboxylic acids is 2. The normalized spacial score (nSPS) is 10.9. The number of carbonyl (C=O) groups is 2. The number of benzene rings is 2. The number of nitrogens with one attached hydrogen (secondary N) is 2. The maximum atomic E-state index is 11.5. The van der Waals surface area contributed by atoms with Gasteiger partial charge >= 0.3 is 0 Å². The van der Waals surface area contributed by atoms with Crippen LogP contribution >= 0.6 is 21.6 Å². The van der Waals surface area contributed by atoms with Crippen molar-refractivity contribution >= 4 is 66.6 Å². The Kier molecular flexibility index (Phi) is 5.87. The standard InChI is InChI=1S/C22H18N4O2S2/c1-13(27)25-17-9-11-23-21-15(17)5-3-7-19(21)29-30-20-8-4-6-16-18(26-14(2)28)10-12-24-22(16)20/h3-12H,1-2H3,(H,23,25,27)(H,24,26,28). The van der Waals surface area contributed by atoms with Gasteiger partial charge in [0.2, 0.25) is 11.8 Å². The van der Waals surface area contributed by atoms with E-state index in [1.54, 1.807) is 46.1 Å². The summed E-state index contributed by atoms with van der Waals surface area (Å²) in [5.74, 6) is -0.238. The summed E-state index contributed by atoms with van der Waals surface area (Å²) >= 11 is 0. The third-order valence-electron chi connectivity index (χ3n) is 4.31. The van der Waals surface area contributed by atoms with Gasteiger partial charge in [-0.3, -0.25) is 19.6 Å². The topological polar surface area (TPSA) is 84.0 Å². The first-order chi connectivity index (χ1) is 14.5. The summed E-state index contributed by atoms with van der Waals surface area (Å²) in [4.78, 5) is 34.0. The van der Waals surface area contributed by atoms with Crippen molar-refractivity contribution in [3.8, 4) is 0 Å². The number of rotatable bonds is 5. The number of amides is 2. The number of fused-ring (bicyclic) bond motifs is 2. The summed E-state index contributed by atoms with van der Waals surface area (Å²) in [5, 5.41) is 7.49. The summed E-state index contributed by atoms with van der Waals surface area (Å²) < 4.78 is 0. The lowest BCUT2D eigenvalue weighted by atomic mass is 10.2. The fourth-order valence-electron chi connectivity index (χ4n) is 3.12. The number of para-hydroxylation sites is 2. The predicted octanol–water partition coefficient (Wildman–Crippen LogP) is 5.50. The Hall–Kier alpha value is -3.10. The largest absolute Gasteiger partial charge is 0.326 e. The number of hydrogen-bond acceptors (Lipinski definition) is 6. The summed E-state index contributed by atoms with van der Waals surface area (Å²) in [5.41, 5.74) is 3.14. The van der Waals surface area contributed by atoms with Crippen LogP contribution in [0.4, 0.5) is 11.4 Å². The highest BCUT2D eigenvalue weighted by molar-refractivity contribution is 8.76. The van der Waals surface area contributed by atoms with E-state index in [9.17, 15) is 9.59 Å². The van der Waals surface area contributed by atoms with Gasteiger partial charge in [-0.1, -0.05) is 45.9 Å². The highest BCUT2D eigenvalue weighted by atomic mass is 33.1. The summed E-state index contributed by atoms with van der Waals surface area (Å²) in [6.45, 7) is 2.98. The van der Waals surface area contributed by atoms with Crippen molar-refractivity contribution in [2.45, 2.75) is 23.6 Å². The maximum absolute atomic E-state index is 11.5. The second-order valence-corrected chi connectivity index (χ2v) is 8.76. The van der Waals surface area contributed by atoms with Crippen molar-refractivity contribution in [3.63, 3.8) is 0 Å². The first-order valence-corrected chi connectivity index (χ1v) is 11.3. The van der Waals surface area contributed by atoms with E-state index in [4.69, 9.17) is 0 Å². The molecule has 0 aliphatic heterocycles. The Bertz CT molecular complexity index is 1180. The van der Waals surface area contributed by atoms with Gasteiger partial charge in [-0.15, -0.1) is 0 Å². The fourth-order valence-corrected chi connectivity index (χ4v) is 5.40. The smallest absolute Gasteiger partial charge is 0.221 e. The van der Waals surface area contributed by atoms with Crippen LogP contribution in [-0.2, 0) is 9.59 Å². The van der Waals surface area contributed by atoms with Crippen LogP contribution in [0.3, 0.4) is 0 Å². The Balaban J connectivity index is 1.67. The number of hydrogen-bond donors (Lipinski definition) is 2. The van der Waals surface area contributed by atoms with E-state index in [0.717, 1.165) is 43.0 Å². The fraction of sp³-hybridized carbons (Fsp3) is 0.0909. The molecular formula is C22H18N4O2S2. The lowest BCUT2D eigenvalue weighted by molar-refractivity contribution is -0.115. The van der Waals surface area contributed by atoms with E-state index in [1.165, 1.54) is 13.8 Å². The molecule has 0 spiro atoms. The molecule has 2 N–H and O–H groups in total. The third-order valence-corrected chi connectivity index (χ3v) is 6.74. The van der Waals surface area contributed by atoms with Crippen molar-refractivity contribution in [1.29, 1.82) is 0 Å². The first kappa shape index (κ1) is 20.2. The number of anilines is 2. The van der Waals surface area contributed by atoms with Crippen molar-refractivity contribution in [3.05, 3.63) is 60.9 Å². The van der Waals surface area contributed by atoms with Gasteiger partial charge in [0.15, 0.2) is 0 Å². The molecule has 0 saturated heterocycles. The minimum atomic E-state index is -0.119. The van der Waals surface area contributed by atoms with Crippen molar-refractivity contribution in [2.24, 2.45) is 0 Å². The van der Waals surface area contributed by atoms with Crippen LogP contribution in [0.5, 0.6) is 0 Å². The van der Waals surface area contributed by atoms with Gasteiger partial charge in [-0.05, 0) is 24.3 Å². The quantitative estimate of drug-likeness (QED) is 0.404. The second kappa shape index (κ2) is 8.73. The minimum Gasteiger partial charge on any atom is -0.326 e. The molecule has 0 bridgehead atoms. The lowest BCUT2D eigenvalue weighted by Crippen LogP contribution is -2.06. The molecule has 0 radical (unpaired) electrons. The Morgan fingerprint density at radius 2 is 1.13 bits per heavy atom. The van der Waals surface area contributed by atoms with E-state index in [1.807, 2.05) is 36.4 Å². The third kappa shape index (κ3) is 4.24. The maximum Gasteiger partial charge on any atom is 0.221 e. The van der Waals surface area contributed by atoms with E-state index in [0.29, 0.717) is 0 Å². The van der Waals surface area contributed by atoms with E-state index in [-0.39, 0.29) is 11.8 Å². The van der Waals surface area contributed by atoms with E-state index >= 15 is 0 Å². The molecule has 2 heterocycles. The van der Waals surface area contributed by atoms with Crippen molar-refractivity contribution in [1.82, 2.24) is 9.97 Å². The van der Waals surface area contributed by atoms with Crippen LogP contribution in [0.15, 0.2) is 70.7 Å². The van der Waals surface area contributed by atoms with Gasteiger partial charge in [0, 0.05) is 46.8 Å². The molecule has 0 unspecified atom stereocenters. The lowest BCUT2D eigenvalue weighted by Gasteiger charge is -2.11. The molecule has 4 aromatic rings. The number of aromatic nitrogens is 2. The Labute approximate surface area is 181 Å². The van der Waals surface area contributed by atoms with Crippen LogP contribution in [0.25, 0.3) is 21.8 Å². The Morgan fingerprint density at radius 3 is 1.53 bits per heavy atom. The summed E-state index contributed by atoms with van der Waals surface area (Å²) in [7, 11) is 3.16. The molecule has 8 heteroatoms. The molecule has 6 nitrogen and oxygen atoms in total. The van der Waals surface area contributed by atoms with Crippen LogP contribution in [-0.4, -0.2) is 21.8 Å². The van der Waals surface area contributed by atoms with Crippen LogP contribution in [0, 0.1) is 0 Å². The molecule has 150 valence electrons. The summed E-state index contributed by atoms with van der Waals surface area (Å²) in [6, 6.07) is 15.4. The summed E-state index contributed by atoms with van der Waals surface area (Å²) in [6.07, 6.45) is 3.39. The SMILES string of the molecule is CC(=O)Nc1ccnc2c(SSc3cccc4c(NC(C)=O)ccnc34)cccc12. The van der Waals surface area contributed by atoms with Crippen LogP contribution in [0.1, 0.15) is 13.8 Å². The number of nitrogens with zero attached hydrogens (tertiary/aromatic N) is 2. The van der Waals surface area contributed by atoms with Gasteiger partial charge in [0.1, 0.15) is 0 Å². The molecule has 2 amide bonds. The van der Waals surface area contributed by atoms with Crippen LogP contribution < -0.4 is 10.6 Å². The molecule has 0 atom stereocenters. The van der Waals surface area contributed by atoms with Gasteiger partial charge < -0.3 is 10.6 Å². The molecule has 0 saturated carbocycles. The van der Waals surface area contributed by atoms with Crippen molar-refractivity contribution in [2.75, 3.05) is 10.6 Å². The van der Waals surface area contributed by atoms with E-state index < -0.39 is 0 Å². The highest BCUT2D eigenvalue weighted by Gasteiger charge is 2.12. The zero-order valence-corrected chi connectivity index (χ0v) is 17.9. The molecule has 0 aliphatic carbocycles. The van der Waals surface area contributed by atoms with Crippen molar-refractivity contribution < 1.29 is 9.59 Å². The Morgan fingerprint density at radius 1 is 0.700 bits per heavy atom. The molecule has 0 aliphatic rings. The molecular weight excluding hydrogens is 416 g/mol. The van der Waals surface area contributed by atoms with Gasteiger partial charge in [0.25, 0.3) is 0 Å². The predicted molar refractivity (Wildman–Crippen MR) is 124 cm³/mol. The van der Waals surface area contributed by atoms with E-state index in [2.05, 4.69) is 20.6 Å². The average molecular weight is 435 g/mol. The van der Waals surface area contributed by atoms with Crippen LogP contribution in [0.2, 0.25) is 0 Å². The van der Waals surface area contributed by atoms with Gasteiger partial charge in [0.05, 0.1) is 22.4 Å². The average Bonchev–Trinajstić information content (AvgIpc) is 2.72. The monoisotopic (exact) mass is 434 g/mol. The van der Waals surface area contributed by atoms with Gasteiger partial charge in [-0.2, -0.15) is 0 Å². The zero-order chi connectivity index (χ0) is 21.1. The number of pyridine rings is 2. The molecule has 2 aromatic carbocycles. The minimum absolute atomic E-state index is 0.119. The molecule has 2 aromatic heterocycles. The molecule has 0 fully saturated rings. The first-order valence-electron chi connectivity index (χ1n) is 9.18. The molecule has 30 heavy (non-hydrogen) atoms. The second-order valence-electron chi connectivity index (χ2n) is 6.55. The highest BCUT2D eigenvalue weighted by Crippen LogP contribution is 2.43. The molecule has 4 rings (SSSR count). The van der Waals surface area contributed by atoms with Gasteiger partial charge in [-0.25, -0.2) is 0 Å².